The van der Waals surface area contributed by atoms with Crippen molar-refractivity contribution in [2.45, 2.75) is 20.3 Å². The second-order valence-electron chi connectivity index (χ2n) is 3.69. The maximum atomic E-state index is 11.8. The van der Waals surface area contributed by atoms with Gasteiger partial charge in [-0.25, -0.2) is 4.98 Å². The van der Waals surface area contributed by atoms with E-state index in [2.05, 4.69) is 4.98 Å². The largest absolute Gasteiger partial charge is 0.481 e. The fraction of sp³-hybridized carbons (Fsp3) is 0.417. The first kappa shape index (κ1) is 14.4. The van der Waals surface area contributed by atoms with E-state index in [1.54, 1.807) is 6.08 Å². The molecule has 0 atom stereocenters. The Bertz CT molecular complexity index is 454. The summed E-state index contributed by atoms with van der Waals surface area (Å²) in [6, 6.07) is 0. The summed E-state index contributed by atoms with van der Waals surface area (Å²) in [5, 5.41) is 11.4. The van der Waals surface area contributed by atoms with Crippen molar-refractivity contribution in [3.05, 3.63) is 22.2 Å². The van der Waals surface area contributed by atoms with Gasteiger partial charge in [0, 0.05) is 24.5 Å². The van der Waals surface area contributed by atoms with Crippen LogP contribution in [-0.4, -0.2) is 40.0 Å². The Morgan fingerprint density at radius 3 is 2.78 bits per heavy atom. The van der Waals surface area contributed by atoms with Crippen molar-refractivity contribution in [2.24, 2.45) is 0 Å². The normalized spacial score (nSPS) is 10.8. The quantitative estimate of drug-likeness (QED) is 0.798. The first-order chi connectivity index (χ1) is 8.52. The highest BCUT2D eigenvalue weighted by Crippen LogP contribution is 2.09. The van der Waals surface area contributed by atoms with Gasteiger partial charge in [-0.15, -0.1) is 11.3 Å². The molecule has 0 bridgehead atoms. The van der Waals surface area contributed by atoms with Gasteiger partial charge in [0.15, 0.2) is 0 Å². The van der Waals surface area contributed by atoms with Crippen LogP contribution in [0.25, 0.3) is 6.08 Å². The first-order valence-corrected chi connectivity index (χ1v) is 6.51. The number of aliphatic carboxylic acids is 1. The number of carboxylic acids is 1. The topological polar surface area (TPSA) is 70.5 Å². The van der Waals surface area contributed by atoms with Crippen LogP contribution in [0.5, 0.6) is 0 Å². The third-order valence-electron chi connectivity index (χ3n) is 2.32. The molecule has 0 radical (unpaired) electrons. The van der Waals surface area contributed by atoms with Gasteiger partial charge in [0.25, 0.3) is 0 Å². The Balaban J connectivity index is 2.56. The van der Waals surface area contributed by atoms with Crippen LogP contribution < -0.4 is 0 Å². The Labute approximate surface area is 110 Å². The number of hydrogen-bond donors (Lipinski definition) is 1. The zero-order valence-electron chi connectivity index (χ0n) is 10.4. The highest BCUT2D eigenvalue weighted by atomic mass is 32.1. The highest BCUT2D eigenvalue weighted by molar-refractivity contribution is 7.09. The molecule has 0 saturated heterocycles. The zero-order valence-corrected chi connectivity index (χ0v) is 11.2. The van der Waals surface area contributed by atoms with Crippen molar-refractivity contribution in [1.29, 1.82) is 0 Å². The van der Waals surface area contributed by atoms with E-state index in [4.69, 9.17) is 5.11 Å². The van der Waals surface area contributed by atoms with E-state index in [1.807, 2.05) is 19.2 Å². The maximum absolute atomic E-state index is 11.8. The molecule has 98 valence electrons. The molecule has 0 unspecified atom stereocenters. The van der Waals surface area contributed by atoms with Crippen LogP contribution in [0.3, 0.4) is 0 Å². The summed E-state index contributed by atoms with van der Waals surface area (Å²) in [5.74, 6) is -1.09. The molecule has 0 fully saturated rings. The number of hydrogen-bond acceptors (Lipinski definition) is 4. The van der Waals surface area contributed by atoms with Gasteiger partial charge in [-0.3, -0.25) is 9.59 Å². The summed E-state index contributed by atoms with van der Waals surface area (Å²) in [7, 11) is 0. The van der Waals surface area contributed by atoms with Crippen LogP contribution in [0.15, 0.2) is 11.5 Å². The van der Waals surface area contributed by atoms with Crippen LogP contribution in [-0.2, 0) is 9.59 Å². The van der Waals surface area contributed by atoms with Crippen molar-refractivity contribution in [3.63, 3.8) is 0 Å². The lowest BCUT2D eigenvalue weighted by Gasteiger charge is -2.17. The lowest BCUT2D eigenvalue weighted by molar-refractivity contribution is -0.137. The second-order valence-corrected chi connectivity index (χ2v) is 4.75. The third-order valence-corrected chi connectivity index (χ3v) is 3.11. The van der Waals surface area contributed by atoms with E-state index in [1.165, 1.54) is 22.3 Å². The number of carbonyl (C=O) groups is 2. The summed E-state index contributed by atoms with van der Waals surface area (Å²) >= 11 is 1.52. The van der Waals surface area contributed by atoms with Crippen molar-refractivity contribution < 1.29 is 14.7 Å². The number of nitrogens with zero attached hydrogens (tertiary/aromatic N) is 2. The number of thiazole rings is 1. The molecule has 1 rings (SSSR count). The monoisotopic (exact) mass is 268 g/mol. The minimum absolute atomic E-state index is 0.0385. The van der Waals surface area contributed by atoms with Gasteiger partial charge in [-0.1, -0.05) is 0 Å². The molecule has 0 saturated carbocycles. The summed E-state index contributed by atoms with van der Waals surface area (Å²) in [5.41, 5.74) is 0.750. The lowest BCUT2D eigenvalue weighted by atomic mass is 10.3. The molecule has 6 heteroatoms. The average Bonchev–Trinajstić information content (AvgIpc) is 2.73. The summed E-state index contributed by atoms with van der Waals surface area (Å²) in [4.78, 5) is 27.9. The lowest BCUT2D eigenvalue weighted by Crippen LogP contribution is -2.31. The van der Waals surface area contributed by atoms with E-state index < -0.39 is 5.97 Å². The fourth-order valence-electron chi connectivity index (χ4n) is 1.37. The predicted molar refractivity (Wildman–Crippen MR) is 70.4 cm³/mol. The van der Waals surface area contributed by atoms with E-state index in [0.29, 0.717) is 6.54 Å². The summed E-state index contributed by atoms with van der Waals surface area (Å²) in [6.07, 6.45) is 3.04. The van der Waals surface area contributed by atoms with Gasteiger partial charge in [0.1, 0.15) is 0 Å². The van der Waals surface area contributed by atoms with E-state index in [9.17, 15) is 9.59 Å². The number of aromatic nitrogens is 1. The first-order valence-electron chi connectivity index (χ1n) is 5.63. The molecule has 0 spiro atoms. The van der Waals surface area contributed by atoms with Crippen LogP contribution in [0, 0.1) is 6.92 Å². The molecule has 0 aliphatic heterocycles. The average molecular weight is 268 g/mol. The number of aryl methyl sites for hydroxylation is 1. The van der Waals surface area contributed by atoms with Gasteiger partial charge in [0.2, 0.25) is 5.91 Å². The molecule has 1 heterocycles. The fourth-order valence-corrected chi connectivity index (χ4v) is 1.95. The molecule has 1 amide bonds. The van der Waals surface area contributed by atoms with Gasteiger partial charge in [-0.05, 0) is 19.9 Å². The highest BCUT2D eigenvalue weighted by Gasteiger charge is 2.10. The molecule has 5 nitrogen and oxygen atoms in total. The van der Waals surface area contributed by atoms with Crippen LogP contribution >= 0.6 is 11.3 Å². The Morgan fingerprint density at radius 2 is 2.28 bits per heavy atom. The van der Waals surface area contributed by atoms with Crippen molar-refractivity contribution in [3.8, 4) is 0 Å². The minimum atomic E-state index is -0.902. The minimum Gasteiger partial charge on any atom is -0.481 e. The molecule has 0 aliphatic carbocycles. The molecule has 0 aromatic carbocycles. The van der Waals surface area contributed by atoms with Crippen molar-refractivity contribution >= 4 is 29.3 Å². The summed E-state index contributed by atoms with van der Waals surface area (Å²) < 4.78 is 0. The molecule has 0 aliphatic rings. The number of carbonyl (C=O) groups excluding carboxylic acids is 1. The van der Waals surface area contributed by atoms with E-state index in [0.717, 1.165) is 10.7 Å². The van der Waals surface area contributed by atoms with Gasteiger partial charge >= 0.3 is 5.97 Å². The molecular formula is C12H16N2O3S. The SMILES string of the molecule is CCN(CCC(=O)O)C(=O)/C=C/c1csc(C)n1. The number of rotatable bonds is 6. The van der Waals surface area contributed by atoms with Gasteiger partial charge in [0.05, 0.1) is 17.1 Å². The van der Waals surface area contributed by atoms with Gasteiger partial charge in [-0.2, -0.15) is 0 Å². The maximum Gasteiger partial charge on any atom is 0.305 e. The van der Waals surface area contributed by atoms with Crippen molar-refractivity contribution in [1.82, 2.24) is 9.88 Å². The Morgan fingerprint density at radius 1 is 1.56 bits per heavy atom. The zero-order chi connectivity index (χ0) is 13.5. The third kappa shape index (κ3) is 4.67. The molecule has 18 heavy (non-hydrogen) atoms. The Hall–Kier alpha value is -1.69. The number of likely N-dealkylation sites (N-methyl/N-ethyl adjacent to an activating group) is 1. The van der Waals surface area contributed by atoms with E-state index in [-0.39, 0.29) is 18.9 Å². The second kappa shape index (κ2) is 6.90. The smallest absolute Gasteiger partial charge is 0.305 e. The van der Waals surface area contributed by atoms with Crippen LogP contribution in [0.1, 0.15) is 24.0 Å². The molecule has 1 N–H and O–H groups in total. The van der Waals surface area contributed by atoms with Crippen LogP contribution in [0.4, 0.5) is 0 Å². The van der Waals surface area contributed by atoms with E-state index >= 15 is 0 Å². The standard InChI is InChI=1S/C12H16N2O3S/c1-3-14(7-6-12(16)17)11(15)5-4-10-8-18-9(2)13-10/h4-5,8H,3,6-7H2,1-2H3,(H,16,17)/b5-4+. The summed E-state index contributed by atoms with van der Waals surface area (Å²) in [6.45, 7) is 4.44. The van der Waals surface area contributed by atoms with Gasteiger partial charge < -0.3 is 10.0 Å². The predicted octanol–water partition coefficient (Wildman–Crippen LogP) is 1.79. The number of carboxylic acid groups (broad SMARTS) is 1. The van der Waals surface area contributed by atoms with Crippen molar-refractivity contribution in [2.75, 3.05) is 13.1 Å². The number of amides is 1. The molecular weight excluding hydrogens is 252 g/mol. The molecule has 1 aromatic rings. The molecule has 1 aromatic heterocycles. The Kier molecular flexibility index (Phi) is 5.51. The van der Waals surface area contributed by atoms with Crippen LogP contribution in [0.2, 0.25) is 0 Å².